The fraction of sp³-hybridized carbons (Fsp3) is 0.600. The summed E-state index contributed by atoms with van der Waals surface area (Å²) >= 11 is 0. The number of aromatic nitrogens is 1. The van der Waals surface area contributed by atoms with Crippen LogP contribution in [0.25, 0.3) is 0 Å². The first-order valence-electron chi connectivity index (χ1n) is 7.88. The summed E-state index contributed by atoms with van der Waals surface area (Å²) < 4.78 is 25.0. The molecule has 0 unspecified atom stereocenters. The van der Waals surface area contributed by atoms with E-state index in [1.807, 2.05) is 18.2 Å². The number of anilines is 1. The van der Waals surface area contributed by atoms with Crippen molar-refractivity contribution in [3.63, 3.8) is 0 Å². The Hall–Kier alpha value is -1.67. The Morgan fingerprint density at radius 1 is 1.17 bits per heavy atom. The Balaban J connectivity index is 1.62. The molecule has 2 fully saturated rings. The first kappa shape index (κ1) is 16.2. The van der Waals surface area contributed by atoms with E-state index in [9.17, 15) is 13.2 Å². The highest BCUT2D eigenvalue weighted by atomic mass is 32.2. The highest BCUT2D eigenvalue weighted by Gasteiger charge is 2.39. The second kappa shape index (κ2) is 6.45. The predicted octanol–water partition coefficient (Wildman–Crippen LogP) is 0.154. The largest absolute Gasteiger partial charge is 0.353 e. The van der Waals surface area contributed by atoms with Crippen LogP contribution in [0.1, 0.15) is 12.8 Å². The molecule has 2 aliphatic heterocycles. The molecule has 3 rings (SSSR count). The third-order valence-electron chi connectivity index (χ3n) is 4.48. The van der Waals surface area contributed by atoms with Crippen molar-refractivity contribution in [2.45, 2.75) is 18.9 Å². The van der Waals surface area contributed by atoms with Crippen LogP contribution in [-0.4, -0.2) is 73.5 Å². The van der Waals surface area contributed by atoms with Crippen LogP contribution >= 0.6 is 0 Å². The van der Waals surface area contributed by atoms with E-state index < -0.39 is 16.1 Å². The van der Waals surface area contributed by atoms with E-state index >= 15 is 0 Å². The van der Waals surface area contributed by atoms with E-state index in [1.165, 1.54) is 10.6 Å². The number of carbonyl (C=O) groups excluding carboxylic acids is 1. The molecule has 0 saturated carbocycles. The Bertz CT molecular complexity index is 657. The number of sulfonamides is 1. The minimum absolute atomic E-state index is 0.0615. The first-order chi connectivity index (χ1) is 11.0. The summed E-state index contributed by atoms with van der Waals surface area (Å²) in [6.45, 7) is 3.08. The van der Waals surface area contributed by atoms with Crippen molar-refractivity contribution in [3.05, 3.63) is 24.4 Å². The van der Waals surface area contributed by atoms with Crippen molar-refractivity contribution in [1.82, 2.24) is 14.2 Å². The van der Waals surface area contributed by atoms with E-state index in [4.69, 9.17) is 0 Å². The van der Waals surface area contributed by atoms with Crippen LogP contribution in [0.15, 0.2) is 24.4 Å². The molecule has 23 heavy (non-hydrogen) atoms. The van der Waals surface area contributed by atoms with Gasteiger partial charge < -0.3 is 9.80 Å². The van der Waals surface area contributed by atoms with Crippen LogP contribution < -0.4 is 4.90 Å². The lowest BCUT2D eigenvalue weighted by molar-refractivity contribution is -0.134. The molecular formula is C15H22N4O3S. The molecule has 1 aromatic heterocycles. The molecule has 1 atom stereocenters. The van der Waals surface area contributed by atoms with Gasteiger partial charge in [-0.15, -0.1) is 0 Å². The molecule has 1 amide bonds. The average molecular weight is 338 g/mol. The molecule has 1 aromatic rings. The quantitative estimate of drug-likeness (QED) is 0.785. The van der Waals surface area contributed by atoms with Crippen molar-refractivity contribution in [2.24, 2.45) is 0 Å². The monoisotopic (exact) mass is 338 g/mol. The van der Waals surface area contributed by atoms with Gasteiger partial charge in [0.1, 0.15) is 11.9 Å². The lowest BCUT2D eigenvalue weighted by Crippen LogP contribution is -2.54. The zero-order valence-corrected chi connectivity index (χ0v) is 14.1. The standard InChI is InChI=1S/C15H22N4O3S/c1-23(21,22)19-8-4-5-13(19)15(20)18-11-9-17(10-12-18)14-6-2-3-7-16-14/h2-3,6-7,13H,4-5,8-12H2,1H3/t13-/m0/s1. The van der Waals surface area contributed by atoms with Crippen LogP contribution in [0, 0.1) is 0 Å². The van der Waals surface area contributed by atoms with E-state index in [1.54, 1.807) is 11.1 Å². The molecule has 0 bridgehead atoms. The third kappa shape index (κ3) is 3.48. The summed E-state index contributed by atoms with van der Waals surface area (Å²) in [4.78, 5) is 20.9. The molecule has 0 aliphatic carbocycles. The van der Waals surface area contributed by atoms with Crippen molar-refractivity contribution in [3.8, 4) is 0 Å². The van der Waals surface area contributed by atoms with Crippen molar-refractivity contribution in [1.29, 1.82) is 0 Å². The highest BCUT2D eigenvalue weighted by molar-refractivity contribution is 7.88. The zero-order chi connectivity index (χ0) is 16.4. The molecule has 0 aromatic carbocycles. The van der Waals surface area contributed by atoms with Crippen LogP contribution in [-0.2, 0) is 14.8 Å². The number of rotatable bonds is 3. The topological polar surface area (TPSA) is 73.8 Å². The second-order valence-corrected chi connectivity index (χ2v) is 7.97. The third-order valence-corrected chi connectivity index (χ3v) is 5.77. The minimum atomic E-state index is -3.32. The molecule has 0 N–H and O–H groups in total. The lowest BCUT2D eigenvalue weighted by Gasteiger charge is -2.37. The molecule has 8 heteroatoms. The normalized spacial score (nSPS) is 23.3. The summed E-state index contributed by atoms with van der Waals surface area (Å²) in [7, 11) is -3.32. The summed E-state index contributed by atoms with van der Waals surface area (Å²) in [6.07, 6.45) is 4.30. The molecule has 2 aliphatic rings. The number of carbonyl (C=O) groups is 1. The van der Waals surface area contributed by atoms with Crippen LogP contribution in [0.2, 0.25) is 0 Å². The highest BCUT2D eigenvalue weighted by Crippen LogP contribution is 2.23. The second-order valence-electron chi connectivity index (χ2n) is 6.03. The number of piperazine rings is 1. The van der Waals surface area contributed by atoms with Crippen LogP contribution in [0.5, 0.6) is 0 Å². The molecular weight excluding hydrogens is 316 g/mol. The first-order valence-corrected chi connectivity index (χ1v) is 9.73. The Morgan fingerprint density at radius 2 is 1.91 bits per heavy atom. The Labute approximate surface area is 136 Å². The zero-order valence-electron chi connectivity index (χ0n) is 13.3. The van der Waals surface area contributed by atoms with Gasteiger partial charge in [0.15, 0.2) is 0 Å². The van der Waals surface area contributed by atoms with Crippen molar-refractivity contribution in [2.75, 3.05) is 43.9 Å². The average Bonchev–Trinajstić information content (AvgIpc) is 3.05. The molecule has 0 spiro atoms. The molecule has 3 heterocycles. The molecule has 126 valence electrons. The van der Waals surface area contributed by atoms with Gasteiger partial charge in [-0.3, -0.25) is 4.79 Å². The van der Waals surface area contributed by atoms with Crippen molar-refractivity contribution < 1.29 is 13.2 Å². The van der Waals surface area contributed by atoms with Gasteiger partial charge in [0.05, 0.1) is 6.26 Å². The number of hydrogen-bond donors (Lipinski definition) is 0. The Kier molecular flexibility index (Phi) is 4.54. The maximum Gasteiger partial charge on any atom is 0.241 e. The summed E-state index contributed by atoms with van der Waals surface area (Å²) in [5.74, 6) is 0.854. The van der Waals surface area contributed by atoms with E-state index in [0.717, 1.165) is 12.2 Å². The SMILES string of the molecule is CS(=O)(=O)N1CCC[C@H]1C(=O)N1CCN(c2ccccn2)CC1. The summed E-state index contributed by atoms with van der Waals surface area (Å²) in [6, 6.07) is 5.26. The van der Waals surface area contributed by atoms with Gasteiger partial charge in [-0.2, -0.15) is 4.31 Å². The summed E-state index contributed by atoms with van der Waals surface area (Å²) in [5.41, 5.74) is 0. The predicted molar refractivity (Wildman–Crippen MR) is 87.6 cm³/mol. The molecule has 2 saturated heterocycles. The van der Waals surface area contributed by atoms with Gasteiger partial charge in [-0.25, -0.2) is 13.4 Å². The fourth-order valence-electron chi connectivity index (χ4n) is 3.29. The summed E-state index contributed by atoms with van der Waals surface area (Å²) in [5, 5.41) is 0. The number of amides is 1. The van der Waals surface area contributed by atoms with E-state index in [0.29, 0.717) is 39.1 Å². The molecule has 7 nitrogen and oxygen atoms in total. The number of nitrogens with zero attached hydrogens (tertiary/aromatic N) is 4. The van der Waals surface area contributed by atoms with E-state index in [2.05, 4.69) is 9.88 Å². The van der Waals surface area contributed by atoms with Crippen LogP contribution in [0.3, 0.4) is 0 Å². The Morgan fingerprint density at radius 3 is 2.52 bits per heavy atom. The fourth-order valence-corrected chi connectivity index (χ4v) is 4.41. The van der Waals surface area contributed by atoms with Gasteiger partial charge in [0, 0.05) is 38.9 Å². The number of pyridine rings is 1. The molecule has 0 radical (unpaired) electrons. The van der Waals surface area contributed by atoms with Gasteiger partial charge in [-0.05, 0) is 25.0 Å². The van der Waals surface area contributed by atoms with Crippen LogP contribution in [0.4, 0.5) is 5.82 Å². The van der Waals surface area contributed by atoms with Gasteiger partial charge in [0.2, 0.25) is 15.9 Å². The number of hydrogen-bond acceptors (Lipinski definition) is 5. The smallest absolute Gasteiger partial charge is 0.241 e. The lowest BCUT2D eigenvalue weighted by atomic mass is 10.2. The van der Waals surface area contributed by atoms with E-state index in [-0.39, 0.29) is 5.91 Å². The maximum absolute atomic E-state index is 12.7. The van der Waals surface area contributed by atoms with Gasteiger partial charge in [0.25, 0.3) is 0 Å². The van der Waals surface area contributed by atoms with Crippen molar-refractivity contribution >= 4 is 21.7 Å². The minimum Gasteiger partial charge on any atom is -0.353 e. The van der Waals surface area contributed by atoms with Gasteiger partial charge >= 0.3 is 0 Å². The maximum atomic E-state index is 12.7. The van der Waals surface area contributed by atoms with Gasteiger partial charge in [-0.1, -0.05) is 6.07 Å².